The number of methoxy groups -OCH3 is 2. The van der Waals surface area contributed by atoms with Crippen molar-refractivity contribution in [3.05, 3.63) is 101 Å². The molecule has 0 spiro atoms. The lowest BCUT2D eigenvalue weighted by Crippen LogP contribution is -2.34. The van der Waals surface area contributed by atoms with Crippen molar-refractivity contribution < 1.29 is 22.7 Å². The highest BCUT2D eigenvalue weighted by atomic mass is 35.5. The van der Waals surface area contributed by atoms with E-state index in [1.165, 1.54) is 16.4 Å². The summed E-state index contributed by atoms with van der Waals surface area (Å²) in [5.41, 5.74) is 2.19. The number of amides is 1. The third-order valence-electron chi connectivity index (χ3n) is 6.32. The Hall–Kier alpha value is -2.75. The Labute approximate surface area is 230 Å². The summed E-state index contributed by atoms with van der Waals surface area (Å²) in [6, 6.07) is 22.5. The van der Waals surface area contributed by atoms with Crippen LogP contribution in [0.25, 0.3) is 0 Å². The van der Waals surface area contributed by atoms with Crippen LogP contribution < -0.4 is 5.32 Å². The Balaban J connectivity index is 1.79. The third kappa shape index (κ3) is 7.88. The first kappa shape index (κ1) is 29.8. The Bertz CT molecular complexity index is 1250. The Kier molecular flexibility index (Phi) is 11.3. The lowest BCUT2D eigenvalue weighted by atomic mass is 10.0. The van der Waals surface area contributed by atoms with Gasteiger partial charge in [0.2, 0.25) is 10.0 Å². The van der Waals surface area contributed by atoms with Crippen molar-refractivity contribution in [3.8, 4) is 0 Å². The number of nitrogens with one attached hydrogen (secondary N) is 1. The molecular formula is C29H35ClN2O5S. The molecule has 0 saturated carbocycles. The highest BCUT2D eigenvalue weighted by Crippen LogP contribution is 2.32. The van der Waals surface area contributed by atoms with Gasteiger partial charge in [-0.1, -0.05) is 61.0 Å². The van der Waals surface area contributed by atoms with Gasteiger partial charge in [0.05, 0.1) is 10.9 Å². The number of hydrogen-bond donors (Lipinski definition) is 1. The second-order valence-corrected chi connectivity index (χ2v) is 11.2. The van der Waals surface area contributed by atoms with E-state index in [1.807, 2.05) is 37.3 Å². The van der Waals surface area contributed by atoms with Gasteiger partial charge < -0.3 is 14.8 Å². The normalized spacial score (nSPS) is 12.6. The molecule has 0 bridgehead atoms. The summed E-state index contributed by atoms with van der Waals surface area (Å²) in [6.45, 7) is 2.61. The van der Waals surface area contributed by atoms with Gasteiger partial charge in [0.1, 0.15) is 0 Å². The largest absolute Gasteiger partial charge is 0.356 e. The number of carbonyl (C=O) groups is 1. The highest BCUT2D eigenvalue weighted by Gasteiger charge is 2.31. The predicted octanol–water partition coefficient (Wildman–Crippen LogP) is 5.81. The van der Waals surface area contributed by atoms with Crippen LogP contribution in [0.2, 0.25) is 5.02 Å². The average molecular weight is 559 g/mol. The Morgan fingerprint density at radius 2 is 1.58 bits per heavy atom. The van der Waals surface area contributed by atoms with Crippen LogP contribution in [0.3, 0.4) is 0 Å². The summed E-state index contributed by atoms with van der Waals surface area (Å²) in [6.07, 6.45) is 1.68. The zero-order chi connectivity index (χ0) is 27.5. The van der Waals surface area contributed by atoms with Crippen molar-refractivity contribution >= 4 is 27.5 Å². The van der Waals surface area contributed by atoms with Gasteiger partial charge in [0.25, 0.3) is 5.91 Å². The van der Waals surface area contributed by atoms with Crippen LogP contribution in [0.4, 0.5) is 0 Å². The monoisotopic (exact) mass is 558 g/mol. The molecule has 0 aliphatic rings. The molecule has 0 saturated heterocycles. The van der Waals surface area contributed by atoms with E-state index in [0.717, 1.165) is 11.1 Å². The van der Waals surface area contributed by atoms with Crippen LogP contribution in [-0.2, 0) is 26.0 Å². The number of sulfonamides is 1. The van der Waals surface area contributed by atoms with Crippen LogP contribution in [0.5, 0.6) is 0 Å². The van der Waals surface area contributed by atoms with Crippen molar-refractivity contribution in [2.75, 3.05) is 20.8 Å². The van der Waals surface area contributed by atoms with Gasteiger partial charge in [-0.15, -0.1) is 0 Å². The minimum absolute atomic E-state index is 0.148. The minimum Gasteiger partial charge on any atom is -0.356 e. The second kappa shape index (κ2) is 14.4. The summed E-state index contributed by atoms with van der Waals surface area (Å²) in [5, 5.41) is 3.36. The van der Waals surface area contributed by atoms with Crippen molar-refractivity contribution in [2.24, 2.45) is 0 Å². The molecule has 0 radical (unpaired) electrons. The van der Waals surface area contributed by atoms with Gasteiger partial charge in [-0.2, -0.15) is 4.31 Å². The first-order valence-electron chi connectivity index (χ1n) is 12.5. The van der Waals surface area contributed by atoms with Crippen LogP contribution in [0, 0.1) is 0 Å². The van der Waals surface area contributed by atoms with Crippen LogP contribution in [0.15, 0.2) is 83.8 Å². The summed E-state index contributed by atoms with van der Waals surface area (Å²) >= 11 is 6.01. The number of rotatable bonds is 14. The molecule has 204 valence electrons. The Morgan fingerprint density at radius 3 is 2.16 bits per heavy atom. The van der Waals surface area contributed by atoms with Crippen molar-refractivity contribution in [1.29, 1.82) is 0 Å². The lowest BCUT2D eigenvalue weighted by Gasteiger charge is -2.31. The number of carbonyl (C=O) groups excluding carboxylic acids is 1. The molecule has 0 unspecified atom stereocenters. The fourth-order valence-electron chi connectivity index (χ4n) is 4.23. The van der Waals surface area contributed by atoms with Crippen LogP contribution in [0.1, 0.15) is 53.7 Å². The molecule has 1 N–H and O–H groups in total. The van der Waals surface area contributed by atoms with Gasteiger partial charge in [-0.3, -0.25) is 4.79 Å². The summed E-state index contributed by atoms with van der Waals surface area (Å²) in [4.78, 5) is 12.8. The highest BCUT2D eigenvalue weighted by molar-refractivity contribution is 7.89. The van der Waals surface area contributed by atoms with E-state index in [0.29, 0.717) is 36.4 Å². The maximum atomic E-state index is 13.8. The number of ether oxygens (including phenoxy) is 2. The van der Waals surface area contributed by atoms with Gasteiger partial charge in [0, 0.05) is 44.3 Å². The zero-order valence-corrected chi connectivity index (χ0v) is 23.5. The van der Waals surface area contributed by atoms with E-state index in [-0.39, 0.29) is 29.7 Å². The summed E-state index contributed by atoms with van der Waals surface area (Å²) < 4.78 is 39.5. The topological polar surface area (TPSA) is 84.9 Å². The first-order chi connectivity index (χ1) is 18.3. The van der Waals surface area contributed by atoms with Gasteiger partial charge in [-0.25, -0.2) is 8.42 Å². The van der Waals surface area contributed by atoms with Gasteiger partial charge in [-0.05, 0) is 60.4 Å². The molecule has 38 heavy (non-hydrogen) atoms. The standard InChI is InChI=1S/C29H35ClN2O5S/c1-4-27(23-9-6-5-7-10-23)32(38(34,35)26-18-16-25(30)17-19-26)21-22-12-14-24(15-13-22)29(33)31-20-8-11-28(36-2)37-3/h5-7,9-10,12-19,27-28H,4,8,11,20-21H2,1-3H3,(H,31,33)/t27-/m0/s1. The number of nitrogens with zero attached hydrogens (tertiary/aromatic N) is 1. The van der Waals surface area contributed by atoms with Crippen molar-refractivity contribution in [1.82, 2.24) is 9.62 Å². The van der Waals surface area contributed by atoms with Crippen LogP contribution in [-0.4, -0.2) is 45.7 Å². The molecule has 3 aromatic carbocycles. The minimum atomic E-state index is -3.85. The molecule has 7 nitrogen and oxygen atoms in total. The predicted molar refractivity (Wildman–Crippen MR) is 149 cm³/mol. The quantitative estimate of drug-likeness (QED) is 0.199. The van der Waals surface area contributed by atoms with E-state index in [2.05, 4.69) is 5.32 Å². The van der Waals surface area contributed by atoms with E-state index < -0.39 is 10.0 Å². The summed E-state index contributed by atoms with van der Waals surface area (Å²) in [5.74, 6) is -0.190. The summed E-state index contributed by atoms with van der Waals surface area (Å²) in [7, 11) is -0.689. The third-order valence-corrected chi connectivity index (χ3v) is 8.44. The average Bonchev–Trinajstić information content (AvgIpc) is 2.94. The molecule has 9 heteroatoms. The van der Waals surface area contributed by atoms with E-state index in [1.54, 1.807) is 50.6 Å². The van der Waals surface area contributed by atoms with Gasteiger partial charge in [0.15, 0.2) is 6.29 Å². The molecule has 3 aromatic rings. The molecular weight excluding hydrogens is 524 g/mol. The maximum absolute atomic E-state index is 13.8. The lowest BCUT2D eigenvalue weighted by molar-refractivity contribution is -0.106. The van der Waals surface area contributed by atoms with E-state index in [4.69, 9.17) is 21.1 Å². The molecule has 0 heterocycles. The van der Waals surface area contributed by atoms with Gasteiger partial charge >= 0.3 is 0 Å². The molecule has 0 aromatic heterocycles. The second-order valence-electron chi connectivity index (χ2n) is 8.83. The van der Waals surface area contributed by atoms with E-state index >= 15 is 0 Å². The number of hydrogen-bond acceptors (Lipinski definition) is 5. The SMILES string of the molecule is CC[C@@H](c1ccccc1)N(Cc1ccc(C(=O)NCCCC(OC)OC)cc1)S(=O)(=O)c1ccc(Cl)cc1. The maximum Gasteiger partial charge on any atom is 0.251 e. The Morgan fingerprint density at radius 1 is 0.947 bits per heavy atom. The fourth-order valence-corrected chi connectivity index (χ4v) is 6.03. The van der Waals surface area contributed by atoms with E-state index in [9.17, 15) is 13.2 Å². The smallest absolute Gasteiger partial charge is 0.251 e. The number of halogens is 1. The molecule has 0 aliphatic carbocycles. The van der Waals surface area contributed by atoms with Crippen molar-refractivity contribution in [2.45, 2.75) is 50.0 Å². The molecule has 1 atom stereocenters. The van der Waals surface area contributed by atoms with Crippen LogP contribution >= 0.6 is 11.6 Å². The molecule has 3 rings (SSSR count). The fraction of sp³-hybridized carbons (Fsp3) is 0.345. The molecule has 1 amide bonds. The zero-order valence-electron chi connectivity index (χ0n) is 22.0. The van der Waals surface area contributed by atoms with Crippen molar-refractivity contribution in [3.63, 3.8) is 0 Å². The number of benzene rings is 3. The first-order valence-corrected chi connectivity index (χ1v) is 14.4. The molecule has 0 fully saturated rings. The molecule has 0 aliphatic heterocycles.